The second kappa shape index (κ2) is 5.99. The maximum atomic E-state index is 6.19. The van der Waals surface area contributed by atoms with Gasteiger partial charge < -0.3 is 5.32 Å². The van der Waals surface area contributed by atoms with Gasteiger partial charge in [-0.2, -0.15) is 5.10 Å². The number of nitrogens with one attached hydrogen (secondary N) is 1. The summed E-state index contributed by atoms with van der Waals surface area (Å²) in [5, 5.41) is 8.48. The Bertz CT molecular complexity index is 632. The SMILES string of the molecule is Clc1ccc(CN(C2CC2)C2CCNC2)c(-n2cncn2)c1. The van der Waals surface area contributed by atoms with Crippen molar-refractivity contribution in [3.63, 3.8) is 0 Å². The number of rotatable bonds is 5. The number of halogens is 1. The van der Waals surface area contributed by atoms with Crippen molar-refractivity contribution in [2.24, 2.45) is 0 Å². The lowest BCUT2D eigenvalue weighted by atomic mass is 10.1. The van der Waals surface area contributed by atoms with E-state index in [2.05, 4.69) is 26.4 Å². The predicted octanol–water partition coefficient (Wildman–Crippen LogP) is 2.25. The smallest absolute Gasteiger partial charge is 0.138 e. The maximum absolute atomic E-state index is 6.19. The number of benzene rings is 1. The van der Waals surface area contributed by atoms with Crippen molar-refractivity contribution < 1.29 is 0 Å². The molecule has 1 atom stereocenters. The van der Waals surface area contributed by atoms with Crippen LogP contribution < -0.4 is 5.32 Å². The van der Waals surface area contributed by atoms with Crippen LogP contribution in [0.15, 0.2) is 30.9 Å². The minimum Gasteiger partial charge on any atom is -0.315 e. The molecule has 1 aliphatic carbocycles. The van der Waals surface area contributed by atoms with Gasteiger partial charge in [-0.1, -0.05) is 17.7 Å². The van der Waals surface area contributed by atoms with Gasteiger partial charge >= 0.3 is 0 Å². The van der Waals surface area contributed by atoms with Gasteiger partial charge in [0.2, 0.25) is 0 Å². The molecule has 2 heterocycles. The number of nitrogens with zero attached hydrogens (tertiary/aromatic N) is 4. The largest absolute Gasteiger partial charge is 0.315 e. The van der Waals surface area contributed by atoms with Gasteiger partial charge in [0.25, 0.3) is 0 Å². The highest BCUT2D eigenvalue weighted by atomic mass is 35.5. The van der Waals surface area contributed by atoms with Crippen molar-refractivity contribution in [2.75, 3.05) is 13.1 Å². The standard InChI is InChI=1S/C16H20ClN5/c17-13-2-1-12(16(7-13)22-11-19-10-20-22)9-21(14-3-4-14)15-5-6-18-8-15/h1-2,7,10-11,14-15,18H,3-6,8-9H2. The van der Waals surface area contributed by atoms with E-state index in [1.807, 2.05) is 12.1 Å². The van der Waals surface area contributed by atoms with Crippen molar-refractivity contribution in [3.8, 4) is 5.69 Å². The van der Waals surface area contributed by atoms with E-state index in [1.54, 1.807) is 17.3 Å². The van der Waals surface area contributed by atoms with Crippen molar-refractivity contribution in [3.05, 3.63) is 41.4 Å². The average molecular weight is 318 g/mol. The Balaban J connectivity index is 1.63. The molecule has 1 saturated carbocycles. The summed E-state index contributed by atoms with van der Waals surface area (Å²) in [6, 6.07) is 7.45. The van der Waals surface area contributed by atoms with Gasteiger partial charge in [-0.05, 0) is 43.5 Å². The summed E-state index contributed by atoms with van der Waals surface area (Å²) in [5.74, 6) is 0. The van der Waals surface area contributed by atoms with Crippen LogP contribution in [-0.2, 0) is 6.54 Å². The summed E-state index contributed by atoms with van der Waals surface area (Å²) in [6.45, 7) is 3.18. The Kier molecular flexibility index (Phi) is 3.86. The van der Waals surface area contributed by atoms with E-state index in [9.17, 15) is 0 Å². The average Bonchev–Trinajstić information content (AvgIpc) is 3.02. The molecular formula is C16H20ClN5. The highest BCUT2D eigenvalue weighted by molar-refractivity contribution is 6.30. The third-order valence-corrected chi connectivity index (χ3v) is 4.82. The normalized spacial score (nSPS) is 21.6. The number of aromatic nitrogens is 3. The summed E-state index contributed by atoms with van der Waals surface area (Å²) in [4.78, 5) is 6.71. The minimum absolute atomic E-state index is 0.645. The summed E-state index contributed by atoms with van der Waals surface area (Å²) in [6.07, 6.45) is 7.17. The molecule has 116 valence electrons. The zero-order chi connectivity index (χ0) is 14.9. The molecule has 2 aromatic rings. The van der Waals surface area contributed by atoms with Crippen LogP contribution in [0.2, 0.25) is 5.02 Å². The topological polar surface area (TPSA) is 46.0 Å². The fourth-order valence-corrected chi connectivity index (χ4v) is 3.46. The molecule has 0 spiro atoms. The first-order valence-corrected chi connectivity index (χ1v) is 8.29. The lowest BCUT2D eigenvalue weighted by Gasteiger charge is -2.29. The summed E-state index contributed by atoms with van der Waals surface area (Å²) >= 11 is 6.19. The van der Waals surface area contributed by atoms with Gasteiger partial charge in [0.05, 0.1) is 5.69 Å². The predicted molar refractivity (Wildman–Crippen MR) is 86.2 cm³/mol. The molecule has 1 aromatic heterocycles. The van der Waals surface area contributed by atoms with E-state index in [0.29, 0.717) is 6.04 Å². The Hall–Kier alpha value is -1.43. The molecule has 22 heavy (non-hydrogen) atoms. The van der Waals surface area contributed by atoms with Crippen molar-refractivity contribution >= 4 is 11.6 Å². The molecule has 0 amide bonds. The van der Waals surface area contributed by atoms with E-state index in [0.717, 1.165) is 36.4 Å². The third kappa shape index (κ3) is 2.89. The van der Waals surface area contributed by atoms with Crippen LogP contribution in [0, 0.1) is 0 Å². The van der Waals surface area contributed by atoms with Gasteiger partial charge in [0, 0.05) is 30.2 Å². The molecule has 4 rings (SSSR count). The first-order valence-electron chi connectivity index (χ1n) is 7.91. The molecule has 1 saturated heterocycles. The van der Waals surface area contributed by atoms with E-state index in [4.69, 9.17) is 11.6 Å². The molecule has 2 aliphatic rings. The molecular weight excluding hydrogens is 298 g/mol. The van der Waals surface area contributed by atoms with Crippen LogP contribution >= 0.6 is 11.6 Å². The lowest BCUT2D eigenvalue weighted by Crippen LogP contribution is -2.38. The van der Waals surface area contributed by atoms with Crippen LogP contribution in [0.3, 0.4) is 0 Å². The molecule has 2 fully saturated rings. The maximum Gasteiger partial charge on any atom is 0.138 e. The summed E-state index contributed by atoms with van der Waals surface area (Å²) < 4.78 is 1.80. The van der Waals surface area contributed by atoms with Gasteiger partial charge in [-0.3, -0.25) is 4.90 Å². The lowest BCUT2D eigenvalue weighted by molar-refractivity contribution is 0.188. The van der Waals surface area contributed by atoms with Crippen molar-refractivity contribution in [2.45, 2.75) is 37.9 Å². The van der Waals surface area contributed by atoms with Crippen molar-refractivity contribution in [1.82, 2.24) is 25.0 Å². The Morgan fingerprint density at radius 1 is 1.27 bits per heavy atom. The van der Waals surface area contributed by atoms with Gasteiger partial charge in [-0.25, -0.2) is 9.67 Å². The quantitative estimate of drug-likeness (QED) is 0.919. The van der Waals surface area contributed by atoms with Crippen LogP contribution in [0.5, 0.6) is 0 Å². The van der Waals surface area contributed by atoms with E-state index < -0.39 is 0 Å². The Morgan fingerprint density at radius 3 is 2.86 bits per heavy atom. The second-order valence-electron chi connectivity index (χ2n) is 6.16. The van der Waals surface area contributed by atoms with Crippen LogP contribution in [-0.4, -0.2) is 44.8 Å². The fraction of sp³-hybridized carbons (Fsp3) is 0.500. The molecule has 1 N–H and O–H groups in total. The van der Waals surface area contributed by atoms with Gasteiger partial charge in [0.1, 0.15) is 12.7 Å². The van der Waals surface area contributed by atoms with Crippen LogP contribution in [0.25, 0.3) is 5.69 Å². The van der Waals surface area contributed by atoms with Crippen LogP contribution in [0.4, 0.5) is 0 Å². The summed E-state index contributed by atoms with van der Waals surface area (Å²) in [5.41, 5.74) is 2.29. The Labute approximate surface area is 135 Å². The fourth-order valence-electron chi connectivity index (χ4n) is 3.30. The Morgan fingerprint density at radius 2 is 2.18 bits per heavy atom. The van der Waals surface area contributed by atoms with Gasteiger partial charge in [0.15, 0.2) is 0 Å². The van der Waals surface area contributed by atoms with E-state index >= 15 is 0 Å². The molecule has 0 bridgehead atoms. The molecule has 1 unspecified atom stereocenters. The third-order valence-electron chi connectivity index (χ3n) is 4.59. The monoisotopic (exact) mass is 317 g/mol. The zero-order valence-corrected chi connectivity index (χ0v) is 13.2. The first kappa shape index (κ1) is 14.2. The number of hydrogen-bond acceptors (Lipinski definition) is 4. The molecule has 5 nitrogen and oxygen atoms in total. The summed E-state index contributed by atoms with van der Waals surface area (Å²) in [7, 11) is 0. The zero-order valence-electron chi connectivity index (χ0n) is 12.5. The first-order chi connectivity index (χ1) is 10.8. The highest BCUT2D eigenvalue weighted by Crippen LogP contribution is 2.33. The van der Waals surface area contributed by atoms with Gasteiger partial charge in [-0.15, -0.1) is 0 Å². The van der Waals surface area contributed by atoms with E-state index in [1.165, 1.54) is 24.8 Å². The minimum atomic E-state index is 0.645. The van der Waals surface area contributed by atoms with Crippen LogP contribution in [0.1, 0.15) is 24.8 Å². The molecule has 6 heteroatoms. The van der Waals surface area contributed by atoms with E-state index in [-0.39, 0.29) is 0 Å². The highest BCUT2D eigenvalue weighted by Gasteiger charge is 2.35. The second-order valence-corrected chi connectivity index (χ2v) is 6.60. The molecule has 0 radical (unpaired) electrons. The number of hydrogen-bond donors (Lipinski definition) is 1. The van der Waals surface area contributed by atoms with Crippen molar-refractivity contribution in [1.29, 1.82) is 0 Å². The molecule has 1 aliphatic heterocycles. The molecule has 1 aromatic carbocycles.